The summed E-state index contributed by atoms with van der Waals surface area (Å²) >= 11 is 0. The quantitative estimate of drug-likeness (QED) is 0.751. The molecule has 4 nitrogen and oxygen atoms in total. The summed E-state index contributed by atoms with van der Waals surface area (Å²) in [5.74, 6) is 2.68. The van der Waals surface area contributed by atoms with Gasteiger partial charge in [0.25, 0.3) is 0 Å². The largest absolute Gasteiger partial charge is 0.493 e. The van der Waals surface area contributed by atoms with Crippen LogP contribution in [-0.2, 0) is 13.0 Å². The van der Waals surface area contributed by atoms with Gasteiger partial charge in [0.05, 0.1) is 6.61 Å². The molecule has 0 aliphatic carbocycles. The van der Waals surface area contributed by atoms with Crippen molar-refractivity contribution in [2.45, 2.75) is 31.7 Å². The van der Waals surface area contributed by atoms with Crippen molar-refractivity contribution in [1.82, 2.24) is 14.9 Å². The third-order valence-electron chi connectivity index (χ3n) is 5.84. The Hall–Kier alpha value is -2.59. The first-order valence-electron chi connectivity index (χ1n) is 9.92. The molecule has 0 radical (unpaired) electrons. The lowest BCUT2D eigenvalue weighted by molar-refractivity contribution is 0.203. The molecule has 1 saturated heterocycles. The van der Waals surface area contributed by atoms with Crippen LogP contribution in [-0.4, -0.2) is 34.6 Å². The normalized spacial score (nSPS) is 17.6. The van der Waals surface area contributed by atoms with Crippen LogP contribution in [0, 0.1) is 0 Å². The summed E-state index contributed by atoms with van der Waals surface area (Å²) in [7, 11) is 0. The number of hydrogen-bond donors (Lipinski definition) is 1. The van der Waals surface area contributed by atoms with Crippen molar-refractivity contribution in [2.75, 3.05) is 19.7 Å². The number of likely N-dealkylation sites (tertiary alicyclic amines) is 1. The van der Waals surface area contributed by atoms with E-state index in [0.717, 1.165) is 49.8 Å². The van der Waals surface area contributed by atoms with Crippen LogP contribution in [0.1, 0.15) is 35.6 Å². The molecule has 1 fully saturated rings. The molecule has 4 heteroatoms. The van der Waals surface area contributed by atoms with E-state index in [9.17, 15) is 0 Å². The predicted molar refractivity (Wildman–Crippen MR) is 107 cm³/mol. The number of aromatic nitrogens is 2. The van der Waals surface area contributed by atoms with Gasteiger partial charge < -0.3 is 9.72 Å². The SMILES string of the molecule is c1ccc(C2CCN(Cc3cnc(-c4ccc5c(c4)CCO5)[nH]3)CC2)cc1. The molecule has 0 saturated carbocycles. The molecule has 3 heterocycles. The average molecular weight is 359 g/mol. The van der Waals surface area contributed by atoms with E-state index in [1.807, 2.05) is 6.20 Å². The van der Waals surface area contributed by atoms with Crippen molar-refractivity contribution in [1.29, 1.82) is 0 Å². The van der Waals surface area contributed by atoms with Crippen LogP contribution in [0.25, 0.3) is 11.4 Å². The van der Waals surface area contributed by atoms with Gasteiger partial charge in [0.2, 0.25) is 0 Å². The second-order valence-electron chi connectivity index (χ2n) is 7.64. The van der Waals surface area contributed by atoms with E-state index in [4.69, 9.17) is 4.74 Å². The zero-order chi connectivity index (χ0) is 18.1. The summed E-state index contributed by atoms with van der Waals surface area (Å²) in [4.78, 5) is 10.7. The number of rotatable bonds is 4. The van der Waals surface area contributed by atoms with Gasteiger partial charge in [-0.3, -0.25) is 4.90 Å². The standard InChI is InChI=1S/C23H25N3O/c1-2-4-17(5-3-1)18-8-11-26(12-9-18)16-21-15-24-23(25-21)20-6-7-22-19(14-20)10-13-27-22/h1-7,14-15,18H,8-13,16H2,(H,24,25). The third kappa shape index (κ3) is 3.50. The van der Waals surface area contributed by atoms with Gasteiger partial charge in [0.1, 0.15) is 11.6 Å². The van der Waals surface area contributed by atoms with Crippen LogP contribution in [0.5, 0.6) is 5.75 Å². The lowest BCUT2D eigenvalue weighted by atomic mass is 9.89. The fourth-order valence-corrected chi connectivity index (χ4v) is 4.31. The molecule has 0 amide bonds. The minimum atomic E-state index is 0.702. The molecule has 138 valence electrons. The number of aromatic amines is 1. The second-order valence-corrected chi connectivity index (χ2v) is 7.64. The van der Waals surface area contributed by atoms with E-state index < -0.39 is 0 Å². The molecule has 2 aliphatic heterocycles. The van der Waals surface area contributed by atoms with Crippen molar-refractivity contribution >= 4 is 0 Å². The molecule has 0 spiro atoms. The molecule has 3 aromatic rings. The summed E-state index contributed by atoms with van der Waals surface area (Å²) in [6, 6.07) is 17.3. The maximum absolute atomic E-state index is 5.60. The van der Waals surface area contributed by atoms with E-state index in [1.165, 1.54) is 29.7 Å². The Balaban J connectivity index is 1.22. The summed E-state index contributed by atoms with van der Waals surface area (Å²) in [5, 5.41) is 0. The first-order valence-corrected chi connectivity index (χ1v) is 9.92. The first kappa shape index (κ1) is 16.6. The third-order valence-corrected chi connectivity index (χ3v) is 5.84. The highest BCUT2D eigenvalue weighted by Gasteiger charge is 2.21. The molecule has 2 aliphatic rings. The number of benzene rings is 2. The van der Waals surface area contributed by atoms with Gasteiger partial charge in [-0.25, -0.2) is 4.98 Å². The molecular weight excluding hydrogens is 334 g/mol. The van der Waals surface area contributed by atoms with Crippen LogP contribution in [0.3, 0.4) is 0 Å². The van der Waals surface area contributed by atoms with E-state index in [-0.39, 0.29) is 0 Å². The highest BCUT2D eigenvalue weighted by molar-refractivity contribution is 5.59. The summed E-state index contributed by atoms with van der Waals surface area (Å²) in [6.45, 7) is 4.03. The molecule has 1 aromatic heterocycles. The van der Waals surface area contributed by atoms with Crippen molar-refractivity contribution < 1.29 is 4.74 Å². The lowest BCUT2D eigenvalue weighted by Crippen LogP contribution is -2.32. The maximum Gasteiger partial charge on any atom is 0.137 e. The van der Waals surface area contributed by atoms with Crippen LogP contribution < -0.4 is 4.74 Å². The van der Waals surface area contributed by atoms with E-state index in [2.05, 4.69) is 63.4 Å². The fraction of sp³-hybridized carbons (Fsp3) is 0.348. The summed E-state index contributed by atoms with van der Waals surface area (Å²) in [5.41, 5.74) is 5.11. The van der Waals surface area contributed by atoms with Gasteiger partial charge in [0.15, 0.2) is 0 Å². The Morgan fingerprint density at radius 2 is 1.93 bits per heavy atom. The van der Waals surface area contributed by atoms with Crippen LogP contribution in [0.15, 0.2) is 54.7 Å². The molecule has 5 rings (SSSR count). The number of nitrogens with one attached hydrogen (secondary N) is 1. The topological polar surface area (TPSA) is 41.2 Å². The van der Waals surface area contributed by atoms with Gasteiger partial charge in [0, 0.05) is 30.4 Å². The molecule has 2 aromatic carbocycles. The Morgan fingerprint density at radius 3 is 2.78 bits per heavy atom. The number of H-pyrrole nitrogens is 1. The number of ether oxygens (including phenoxy) is 1. The molecule has 0 unspecified atom stereocenters. The van der Waals surface area contributed by atoms with Gasteiger partial charge in [-0.15, -0.1) is 0 Å². The second kappa shape index (κ2) is 7.20. The van der Waals surface area contributed by atoms with Crippen LogP contribution >= 0.6 is 0 Å². The Morgan fingerprint density at radius 1 is 1.07 bits per heavy atom. The molecular formula is C23H25N3O. The first-order chi connectivity index (χ1) is 13.3. The monoisotopic (exact) mass is 359 g/mol. The lowest BCUT2D eigenvalue weighted by Gasteiger charge is -2.31. The van der Waals surface area contributed by atoms with Crippen molar-refractivity contribution in [2.24, 2.45) is 0 Å². The smallest absolute Gasteiger partial charge is 0.137 e. The number of fused-ring (bicyclic) bond motifs is 1. The van der Waals surface area contributed by atoms with Gasteiger partial charge in [-0.05, 0) is 61.2 Å². The zero-order valence-electron chi connectivity index (χ0n) is 15.5. The fourth-order valence-electron chi connectivity index (χ4n) is 4.31. The van der Waals surface area contributed by atoms with E-state index in [0.29, 0.717) is 5.92 Å². The summed E-state index contributed by atoms with van der Waals surface area (Å²) < 4.78 is 5.60. The Labute approximate surface area is 160 Å². The minimum absolute atomic E-state index is 0.702. The molecule has 1 N–H and O–H groups in total. The molecule has 0 atom stereocenters. The Bertz CT molecular complexity index is 910. The van der Waals surface area contributed by atoms with E-state index in [1.54, 1.807) is 0 Å². The van der Waals surface area contributed by atoms with E-state index >= 15 is 0 Å². The maximum atomic E-state index is 5.60. The summed E-state index contributed by atoms with van der Waals surface area (Å²) in [6.07, 6.45) is 5.45. The highest BCUT2D eigenvalue weighted by Crippen LogP contribution is 2.30. The predicted octanol–water partition coefficient (Wildman–Crippen LogP) is 4.39. The van der Waals surface area contributed by atoms with Gasteiger partial charge >= 0.3 is 0 Å². The zero-order valence-corrected chi connectivity index (χ0v) is 15.5. The van der Waals surface area contributed by atoms with Crippen LogP contribution in [0.2, 0.25) is 0 Å². The number of piperidine rings is 1. The van der Waals surface area contributed by atoms with Crippen molar-refractivity contribution in [3.63, 3.8) is 0 Å². The molecule has 27 heavy (non-hydrogen) atoms. The average Bonchev–Trinajstić information content (AvgIpc) is 3.38. The highest BCUT2D eigenvalue weighted by atomic mass is 16.5. The van der Waals surface area contributed by atoms with Crippen molar-refractivity contribution in [3.05, 3.63) is 71.5 Å². The van der Waals surface area contributed by atoms with Gasteiger partial charge in [-0.1, -0.05) is 30.3 Å². The van der Waals surface area contributed by atoms with Crippen LogP contribution in [0.4, 0.5) is 0 Å². The number of imidazole rings is 1. The van der Waals surface area contributed by atoms with Gasteiger partial charge in [-0.2, -0.15) is 0 Å². The Kier molecular flexibility index (Phi) is 4.42. The number of nitrogens with zero attached hydrogens (tertiary/aromatic N) is 2. The molecule has 0 bridgehead atoms. The number of hydrogen-bond acceptors (Lipinski definition) is 3. The minimum Gasteiger partial charge on any atom is -0.493 e. The van der Waals surface area contributed by atoms with Crippen molar-refractivity contribution in [3.8, 4) is 17.1 Å².